The standard InChI is InChI=1S/C12H13FN2O2/c1-16-11-3-2-8(13)6-10(11)12-15-9(4-5-14)7-17-12/h2-3,6-7H,4-5,14H2,1H3. The van der Waals surface area contributed by atoms with Gasteiger partial charge in [0.1, 0.15) is 17.8 Å². The molecule has 4 nitrogen and oxygen atoms in total. The normalized spacial score (nSPS) is 10.5. The second-order valence-corrected chi connectivity index (χ2v) is 3.53. The summed E-state index contributed by atoms with van der Waals surface area (Å²) in [6.45, 7) is 0.492. The molecule has 5 heteroatoms. The molecule has 90 valence electrons. The molecule has 2 rings (SSSR count). The summed E-state index contributed by atoms with van der Waals surface area (Å²) < 4.78 is 23.6. The lowest BCUT2D eigenvalue weighted by Crippen LogP contribution is -2.02. The van der Waals surface area contributed by atoms with Crippen LogP contribution in [0.4, 0.5) is 4.39 Å². The van der Waals surface area contributed by atoms with Crippen LogP contribution in [0.3, 0.4) is 0 Å². The summed E-state index contributed by atoms with van der Waals surface area (Å²) in [5, 5.41) is 0. The van der Waals surface area contributed by atoms with Gasteiger partial charge in [0, 0.05) is 6.42 Å². The van der Waals surface area contributed by atoms with Gasteiger partial charge >= 0.3 is 0 Å². The van der Waals surface area contributed by atoms with E-state index in [1.165, 1.54) is 31.6 Å². The third kappa shape index (κ3) is 2.45. The second-order valence-electron chi connectivity index (χ2n) is 3.53. The summed E-state index contributed by atoms with van der Waals surface area (Å²) in [5.74, 6) is 0.497. The van der Waals surface area contributed by atoms with Crippen molar-refractivity contribution in [3.8, 4) is 17.2 Å². The van der Waals surface area contributed by atoms with Gasteiger partial charge in [-0.25, -0.2) is 9.37 Å². The molecule has 0 saturated heterocycles. The van der Waals surface area contributed by atoms with Gasteiger partial charge in [-0.05, 0) is 24.7 Å². The first-order chi connectivity index (χ1) is 8.24. The van der Waals surface area contributed by atoms with Gasteiger partial charge in [-0.2, -0.15) is 0 Å². The minimum Gasteiger partial charge on any atom is -0.496 e. The third-order valence-electron chi connectivity index (χ3n) is 2.34. The molecule has 0 aliphatic heterocycles. The van der Waals surface area contributed by atoms with E-state index in [0.717, 1.165) is 5.69 Å². The maximum Gasteiger partial charge on any atom is 0.230 e. The Balaban J connectivity index is 2.40. The molecule has 0 spiro atoms. The molecule has 2 aromatic rings. The van der Waals surface area contributed by atoms with E-state index in [1.807, 2.05) is 0 Å². The molecule has 0 unspecified atom stereocenters. The van der Waals surface area contributed by atoms with Crippen LogP contribution in [-0.2, 0) is 6.42 Å². The Bertz CT molecular complexity index is 511. The molecule has 2 N–H and O–H groups in total. The van der Waals surface area contributed by atoms with Gasteiger partial charge in [-0.1, -0.05) is 0 Å². The minimum absolute atomic E-state index is 0.338. The quantitative estimate of drug-likeness (QED) is 0.881. The van der Waals surface area contributed by atoms with Crippen LogP contribution in [0.1, 0.15) is 5.69 Å². The first-order valence-corrected chi connectivity index (χ1v) is 5.23. The number of halogens is 1. The molecule has 17 heavy (non-hydrogen) atoms. The molecule has 1 aromatic carbocycles. The zero-order chi connectivity index (χ0) is 12.3. The smallest absolute Gasteiger partial charge is 0.230 e. The van der Waals surface area contributed by atoms with Crippen molar-refractivity contribution in [3.63, 3.8) is 0 Å². The van der Waals surface area contributed by atoms with Gasteiger partial charge in [0.05, 0.1) is 18.4 Å². The fraction of sp³-hybridized carbons (Fsp3) is 0.250. The van der Waals surface area contributed by atoms with Crippen LogP contribution >= 0.6 is 0 Å². The number of aromatic nitrogens is 1. The number of nitrogens with zero attached hydrogens (tertiary/aromatic N) is 1. The van der Waals surface area contributed by atoms with Crippen molar-refractivity contribution < 1.29 is 13.5 Å². The zero-order valence-corrected chi connectivity index (χ0v) is 9.44. The average molecular weight is 236 g/mol. The predicted molar refractivity (Wildman–Crippen MR) is 61.2 cm³/mol. The number of ether oxygens (including phenoxy) is 1. The van der Waals surface area contributed by atoms with E-state index in [-0.39, 0.29) is 5.82 Å². The fourth-order valence-electron chi connectivity index (χ4n) is 1.54. The summed E-state index contributed by atoms with van der Waals surface area (Å²) >= 11 is 0. The number of methoxy groups -OCH3 is 1. The Morgan fingerprint density at radius 1 is 1.47 bits per heavy atom. The highest BCUT2D eigenvalue weighted by Crippen LogP contribution is 2.29. The summed E-state index contributed by atoms with van der Waals surface area (Å²) in [4.78, 5) is 4.23. The Hall–Kier alpha value is -1.88. The average Bonchev–Trinajstić information content (AvgIpc) is 2.78. The number of rotatable bonds is 4. The minimum atomic E-state index is -0.362. The number of hydrogen-bond donors (Lipinski definition) is 1. The largest absolute Gasteiger partial charge is 0.496 e. The monoisotopic (exact) mass is 236 g/mol. The molecule has 0 fully saturated rings. The molecule has 0 aliphatic rings. The van der Waals surface area contributed by atoms with Gasteiger partial charge in [0.2, 0.25) is 5.89 Å². The topological polar surface area (TPSA) is 61.3 Å². The highest BCUT2D eigenvalue weighted by Gasteiger charge is 2.12. The van der Waals surface area contributed by atoms with Crippen molar-refractivity contribution in [1.82, 2.24) is 4.98 Å². The van der Waals surface area contributed by atoms with Crippen LogP contribution in [0.2, 0.25) is 0 Å². The van der Waals surface area contributed by atoms with Crippen LogP contribution in [0.5, 0.6) is 5.75 Å². The van der Waals surface area contributed by atoms with E-state index < -0.39 is 0 Å². The van der Waals surface area contributed by atoms with Crippen LogP contribution in [0, 0.1) is 5.82 Å². The summed E-state index contributed by atoms with van der Waals surface area (Å²) in [6, 6.07) is 4.19. The number of oxazole rings is 1. The van der Waals surface area contributed by atoms with Crippen LogP contribution in [0.15, 0.2) is 28.9 Å². The van der Waals surface area contributed by atoms with Crippen LogP contribution < -0.4 is 10.5 Å². The Morgan fingerprint density at radius 3 is 3.00 bits per heavy atom. The van der Waals surface area contributed by atoms with Gasteiger partial charge in [-0.15, -0.1) is 0 Å². The Labute approximate surface area is 98.2 Å². The van der Waals surface area contributed by atoms with E-state index in [9.17, 15) is 4.39 Å². The van der Waals surface area contributed by atoms with Crippen molar-refractivity contribution in [1.29, 1.82) is 0 Å². The highest BCUT2D eigenvalue weighted by atomic mass is 19.1. The number of hydrogen-bond acceptors (Lipinski definition) is 4. The molecule has 1 aromatic heterocycles. The predicted octanol–water partition coefficient (Wildman–Crippen LogP) is 1.99. The second kappa shape index (κ2) is 4.97. The summed E-state index contributed by atoms with van der Waals surface area (Å²) in [7, 11) is 1.51. The van der Waals surface area contributed by atoms with Crippen LogP contribution in [-0.4, -0.2) is 18.6 Å². The molecule has 0 aliphatic carbocycles. The number of benzene rings is 1. The SMILES string of the molecule is COc1ccc(F)cc1-c1nc(CCN)co1. The lowest BCUT2D eigenvalue weighted by Gasteiger charge is -2.04. The maximum absolute atomic E-state index is 13.2. The van der Waals surface area contributed by atoms with Crippen molar-refractivity contribution in [2.45, 2.75) is 6.42 Å². The van der Waals surface area contributed by atoms with Gasteiger partial charge in [-0.3, -0.25) is 0 Å². The van der Waals surface area contributed by atoms with E-state index >= 15 is 0 Å². The van der Waals surface area contributed by atoms with Gasteiger partial charge < -0.3 is 14.9 Å². The third-order valence-corrected chi connectivity index (χ3v) is 2.34. The zero-order valence-electron chi connectivity index (χ0n) is 9.44. The first-order valence-electron chi connectivity index (χ1n) is 5.23. The number of nitrogens with two attached hydrogens (primary N) is 1. The molecule has 0 bridgehead atoms. The lowest BCUT2D eigenvalue weighted by atomic mass is 10.2. The highest BCUT2D eigenvalue weighted by molar-refractivity contribution is 5.62. The van der Waals surface area contributed by atoms with Gasteiger partial charge in [0.25, 0.3) is 0 Å². The van der Waals surface area contributed by atoms with Crippen molar-refractivity contribution in [3.05, 3.63) is 36.0 Å². The van der Waals surface area contributed by atoms with Crippen molar-refractivity contribution >= 4 is 0 Å². The summed E-state index contributed by atoms with van der Waals surface area (Å²) in [5.41, 5.74) is 6.66. The molecule has 0 saturated carbocycles. The molecular formula is C12H13FN2O2. The van der Waals surface area contributed by atoms with Crippen molar-refractivity contribution in [2.24, 2.45) is 5.73 Å². The first kappa shape index (κ1) is 11.6. The molecule has 0 amide bonds. The molecule has 0 radical (unpaired) electrons. The molecule has 0 atom stereocenters. The van der Waals surface area contributed by atoms with Crippen molar-refractivity contribution in [2.75, 3.05) is 13.7 Å². The Kier molecular flexibility index (Phi) is 3.39. The molecular weight excluding hydrogens is 223 g/mol. The van der Waals surface area contributed by atoms with E-state index in [2.05, 4.69) is 4.98 Å². The van der Waals surface area contributed by atoms with Crippen LogP contribution in [0.25, 0.3) is 11.5 Å². The Morgan fingerprint density at radius 2 is 2.29 bits per heavy atom. The van der Waals surface area contributed by atoms with E-state index in [4.69, 9.17) is 14.9 Å². The van der Waals surface area contributed by atoms with E-state index in [0.29, 0.717) is 30.2 Å². The van der Waals surface area contributed by atoms with Gasteiger partial charge in [0.15, 0.2) is 0 Å². The molecule has 1 heterocycles. The maximum atomic E-state index is 13.2. The lowest BCUT2D eigenvalue weighted by molar-refractivity contribution is 0.413. The fourth-order valence-corrected chi connectivity index (χ4v) is 1.54. The van der Waals surface area contributed by atoms with E-state index in [1.54, 1.807) is 0 Å². The summed E-state index contributed by atoms with van der Waals surface area (Å²) in [6.07, 6.45) is 2.15.